The van der Waals surface area contributed by atoms with Crippen LogP contribution in [0.15, 0.2) is 23.3 Å². The number of aliphatic carboxylic acids is 1. The van der Waals surface area contributed by atoms with Crippen molar-refractivity contribution in [2.75, 3.05) is 7.05 Å². The zero-order valence-electron chi connectivity index (χ0n) is 13.6. The first kappa shape index (κ1) is 17.0. The van der Waals surface area contributed by atoms with Gasteiger partial charge in [-0.3, -0.25) is 4.79 Å². The van der Waals surface area contributed by atoms with Gasteiger partial charge in [0.25, 0.3) is 0 Å². The fourth-order valence-corrected chi connectivity index (χ4v) is 5.00. The van der Waals surface area contributed by atoms with Crippen molar-refractivity contribution < 1.29 is 27.9 Å². The molecule has 4 atom stereocenters. The van der Waals surface area contributed by atoms with E-state index in [0.717, 1.165) is 0 Å². The number of rotatable bonds is 1. The SMILES string of the molecule is CN1C(=O)C=C[C@]2(C)[C@H]3CCC(C(F)(F)F)=C(C(=O)O)[C@@H]3CC[C@@H]12. The summed E-state index contributed by atoms with van der Waals surface area (Å²) < 4.78 is 39.8. The minimum atomic E-state index is -4.61. The van der Waals surface area contributed by atoms with Crippen LogP contribution in [0.25, 0.3) is 0 Å². The Labute approximate surface area is 138 Å². The predicted molar refractivity (Wildman–Crippen MR) is 80.0 cm³/mol. The number of amides is 1. The number of carboxylic acid groups (broad SMARTS) is 1. The van der Waals surface area contributed by atoms with Crippen molar-refractivity contribution in [3.63, 3.8) is 0 Å². The summed E-state index contributed by atoms with van der Waals surface area (Å²) in [7, 11) is 1.70. The van der Waals surface area contributed by atoms with E-state index in [-0.39, 0.29) is 30.7 Å². The topological polar surface area (TPSA) is 57.6 Å². The average Bonchev–Trinajstić information content (AvgIpc) is 2.49. The van der Waals surface area contributed by atoms with E-state index >= 15 is 0 Å². The summed E-state index contributed by atoms with van der Waals surface area (Å²) in [5.41, 5.74) is -1.85. The van der Waals surface area contributed by atoms with Crippen LogP contribution in [0.3, 0.4) is 0 Å². The van der Waals surface area contributed by atoms with Crippen LogP contribution in [0.4, 0.5) is 13.2 Å². The molecule has 132 valence electrons. The average molecular weight is 343 g/mol. The molecular weight excluding hydrogens is 323 g/mol. The van der Waals surface area contributed by atoms with Crippen molar-refractivity contribution >= 4 is 11.9 Å². The molecule has 1 aliphatic heterocycles. The number of carboxylic acids is 1. The molecule has 3 rings (SSSR count). The molecule has 0 bridgehead atoms. The van der Waals surface area contributed by atoms with E-state index in [1.54, 1.807) is 18.0 Å². The molecule has 0 aromatic heterocycles. The highest BCUT2D eigenvalue weighted by Gasteiger charge is 2.55. The van der Waals surface area contributed by atoms with Crippen molar-refractivity contribution in [2.45, 2.75) is 44.8 Å². The van der Waals surface area contributed by atoms with Crippen LogP contribution in [0.5, 0.6) is 0 Å². The molecule has 3 aliphatic rings. The van der Waals surface area contributed by atoms with E-state index in [0.29, 0.717) is 12.8 Å². The lowest BCUT2D eigenvalue weighted by Gasteiger charge is -2.55. The van der Waals surface area contributed by atoms with E-state index in [4.69, 9.17) is 0 Å². The van der Waals surface area contributed by atoms with Gasteiger partial charge in [0.05, 0.1) is 0 Å². The van der Waals surface area contributed by atoms with E-state index < -0.39 is 34.6 Å². The maximum atomic E-state index is 13.3. The summed E-state index contributed by atoms with van der Waals surface area (Å²) in [5, 5.41) is 9.44. The maximum Gasteiger partial charge on any atom is 0.413 e. The molecule has 1 N–H and O–H groups in total. The number of likely N-dealkylation sites (N-methyl/N-ethyl adjacent to an activating group) is 1. The van der Waals surface area contributed by atoms with E-state index in [1.807, 2.05) is 6.92 Å². The third-order valence-corrected chi connectivity index (χ3v) is 6.13. The molecule has 2 aliphatic carbocycles. The van der Waals surface area contributed by atoms with Crippen LogP contribution < -0.4 is 0 Å². The second-order valence-corrected chi connectivity index (χ2v) is 7.19. The number of alkyl halides is 3. The lowest BCUT2D eigenvalue weighted by atomic mass is 9.53. The van der Waals surface area contributed by atoms with Gasteiger partial charge in [0.15, 0.2) is 0 Å². The van der Waals surface area contributed by atoms with Crippen LogP contribution in [-0.4, -0.2) is 41.1 Å². The number of allylic oxidation sites excluding steroid dienone is 1. The molecule has 1 saturated carbocycles. The first-order valence-corrected chi connectivity index (χ1v) is 8.07. The summed E-state index contributed by atoms with van der Waals surface area (Å²) >= 11 is 0. The van der Waals surface area contributed by atoms with Gasteiger partial charge in [0.2, 0.25) is 5.91 Å². The minimum absolute atomic E-state index is 0.0984. The summed E-state index contributed by atoms with van der Waals surface area (Å²) in [6.45, 7) is 1.94. The monoisotopic (exact) mass is 343 g/mol. The first-order valence-electron chi connectivity index (χ1n) is 8.07. The van der Waals surface area contributed by atoms with Gasteiger partial charge >= 0.3 is 12.1 Å². The van der Waals surface area contributed by atoms with Gasteiger partial charge in [-0.15, -0.1) is 0 Å². The quantitative estimate of drug-likeness (QED) is 0.796. The molecule has 1 heterocycles. The molecule has 0 radical (unpaired) electrons. The fourth-order valence-electron chi connectivity index (χ4n) is 5.00. The third kappa shape index (κ3) is 2.36. The van der Waals surface area contributed by atoms with Crippen LogP contribution in [0, 0.1) is 17.3 Å². The largest absolute Gasteiger partial charge is 0.478 e. The molecule has 7 heteroatoms. The Balaban J connectivity index is 2.07. The van der Waals surface area contributed by atoms with Gasteiger partial charge in [-0.2, -0.15) is 13.2 Å². The Kier molecular flexibility index (Phi) is 3.81. The van der Waals surface area contributed by atoms with E-state index in [1.165, 1.54) is 6.08 Å². The third-order valence-electron chi connectivity index (χ3n) is 6.13. The highest BCUT2D eigenvalue weighted by atomic mass is 19.4. The van der Waals surface area contributed by atoms with Gasteiger partial charge in [-0.1, -0.05) is 13.0 Å². The maximum absolute atomic E-state index is 13.3. The predicted octanol–water partition coefficient (Wildman–Crippen LogP) is 3.15. The highest BCUT2D eigenvalue weighted by molar-refractivity contribution is 5.90. The normalized spacial score (nSPS) is 36.5. The van der Waals surface area contributed by atoms with Crippen LogP contribution in [0.1, 0.15) is 32.6 Å². The Bertz CT molecular complexity index is 652. The smallest absolute Gasteiger partial charge is 0.413 e. The minimum Gasteiger partial charge on any atom is -0.478 e. The van der Waals surface area contributed by atoms with Crippen molar-refractivity contribution in [3.8, 4) is 0 Å². The first-order chi connectivity index (χ1) is 11.1. The van der Waals surface area contributed by atoms with Gasteiger partial charge in [0, 0.05) is 29.7 Å². The van der Waals surface area contributed by atoms with Gasteiger partial charge < -0.3 is 10.0 Å². The Morgan fingerprint density at radius 3 is 2.58 bits per heavy atom. The lowest BCUT2D eigenvalue weighted by molar-refractivity contribution is -0.140. The van der Waals surface area contributed by atoms with Gasteiger partial charge in [-0.25, -0.2) is 4.79 Å². The van der Waals surface area contributed by atoms with Crippen molar-refractivity contribution in [1.82, 2.24) is 4.90 Å². The Morgan fingerprint density at radius 1 is 1.33 bits per heavy atom. The fraction of sp³-hybridized carbons (Fsp3) is 0.647. The lowest BCUT2D eigenvalue weighted by Crippen LogP contribution is -2.57. The highest BCUT2D eigenvalue weighted by Crippen LogP contribution is 2.56. The number of hydrogen-bond donors (Lipinski definition) is 1. The number of carbonyl (C=O) groups is 2. The molecule has 0 saturated heterocycles. The van der Waals surface area contributed by atoms with Crippen LogP contribution in [0.2, 0.25) is 0 Å². The zero-order valence-corrected chi connectivity index (χ0v) is 13.6. The molecule has 0 spiro atoms. The zero-order chi connectivity index (χ0) is 17.9. The molecule has 0 aromatic carbocycles. The van der Waals surface area contributed by atoms with Gasteiger partial charge in [0.1, 0.15) is 0 Å². The second-order valence-electron chi connectivity index (χ2n) is 7.19. The standard InChI is InChI=1S/C17H20F3NO3/c1-16-8-7-13(22)21(2)12(16)6-3-9-10(16)4-5-11(17(18,19)20)14(9)15(23)24/h7-10,12H,3-6H2,1-2H3,(H,23,24)/t9-,10+,12-,16-/m1/s1. The van der Waals surface area contributed by atoms with Crippen molar-refractivity contribution in [3.05, 3.63) is 23.3 Å². The number of hydrogen-bond acceptors (Lipinski definition) is 2. The summed E-state index contributed by atoms with van der Waals surface area (Å²) in [6, 6.07) is -0.0984. The molecular formula is C17H20F3NO3. The summed E-state index contributed by atoms with van der Waals surface area (Å²) in [6.07, 6.45) is -0.484. The molecule has 4 nitrogen and oxygen atoms in total. The number of fused-ring (bicyclic) bond motifs is 3. The van der Waals surface area contributed by atoms with Crippen molar-refractivity contribution in [1.29, 1.82) is 0 Å². The summed E-state index contributed by atoms with van der Waals surface area (Å²) in [5.74, 6) is -2.42. The van der Waals surface area contributed by atoms with Crippen molar-refractivity contribution in [2.24, 2.45) is 17.3 Å². The Morgan fingerprint density at radius 2 is 2.00 bits per heavy atom. The summed E-state index contributed by atoms with van der Waals surface area (Å²) in [4.78, 5) is 25.1. The molecule has 1 amide bonds. The Hall–Kier alpha value is -1.79. The molecule has 0 aromatic rings. The number of carbonyl (C=O) groups excluding carboxylic acids is 1. The number of nitrogens with zero attached hydrogens (tertiary/aromatic N) is 1. The van der Waals surface area contributed by atoms with Crippen LogP contribution in [-0.2, 0) is 9.59 Å². The second kappa shape index (κ2) is 5.36. The molecule has 24 heavy (non-hydrogen) atoms. The van der Waals surface area contributed by atoms with Gasteiger partial charge in [-0.05, 0) is 43.6 Å². The van der Waals surface area contributed by atoms with Crippen LogP contribution >= 0.6 is 0 Å². The number of halogens is 3. The molecule has 0 unspecified atom stereocenters. The van der Waals surface area contributed by atoms with E-state index in [9.17, 15) is 27.9 Å². The van der Waals surface area contributed by atoms with E-state index in [2.05, 4.69) is 0 Å². The molecule has 1 fully saturated rings.